The van der Waals surface area contributed by atoms with Gasteiger partial charge in [-0.15, -0.1) is 0 Å². The van der Waals surface area contributed by atoms with Gasteiger partial charge in [-0.1, -0.05) is 20.8 Å². The first-order chi connectivity index (χ1) is 6.26. The minimum absolute atomic E-state index is 0.0185. The highest BCUT2D eigenvalue weighted by molar-refractivity contribution is 6.29. The fourth-order valence-electron chi connectivity index (χ4n) is 2.60. The molecule has 1 fully saturated rings. The van der Waals surface area contributed by atoms with E-state index in [4.69, 9.17) is 10.4 Å². The van der Waals surface area contributed by atoms with Crippen LogP contribution in [0.15, 0.2) is 0 Å². The summed E-state index contributed by atoms with van der Waals surface area (Å²) in [6, 6.07) is 0. The van der Waals surface area contributed by atoms with E-state index in [1.165, 1.54) is 12.8 Å². The molecule has 0 spiro atoms. The first-order valence-corrected chi connectivity index (χ1v) is 5.65. The molecular weight excluding hydrogens is 173 g/mol. The predicted octanol–water partition coefficient (Wildman–Crippen LogP) is 1.87. The third kappa shape index (κ3) is 2.51. The number of hydrogen-bond acceptors (Lipinski definition) is 2. The van der Waals surface area contributed by atoms with Crippen molar-refractivity contribution < 1.29 is 4.65 Å². The third-order valence-electron chi connectivity index (χ3n) is 3.58. The highest BCUT2D eigenvalue weighted by Gasteiger charge is 2.47. The van der Waals surface area contributed by atoms with E-state index in [2.05, 4.69) is 27.7 Å². The average Bonchev–Trinajstić information content (AvgIpc) is 1.98. The molecule has 2 atom stereocenters. The van der Waals surface area contributed by atoms with Crippen LogP contribution in [0.3, 0.4) is 0 Å². The van der Waals surface area contributed by atoms with Gasteiger partial charge >= 0.3 is 0 Å². The molecule has 0 radical (unpaired) electrons. The fourth-order valence-corrected chi connectivity index (χ4v) is 2.60. The van der Waals surface area contributed by atoms with Crippen molar-refractivity contribution in [3.63, 3.8) is 0 Å². The van der Waals surface area contributed by atoms with Crippen LogP contribution in [-0.4, -0.2) is 19.0 Å². The zero-order valence-corrected chi connectivity index (χ0v) is 10.3. The molecule has 0 bridgehead atoms. The van der Waals surface area contributed by atoms with Gasteiger partial charge in [-0.2, -0.15) is 0 Å². The van der Waals surface area contributed by atoms with E-state index in [0.29, 0.717) is 18.8 Å². The molecule has 1 aliphatic carbocycles. The molecule has 2 nitrogen and oxygen atoms in total. The van der Waals surface area contributed by atoms with Gasteiger partial charge in [0.1, 0.15) is 0 Å². The summed E-state index contributed by atoms with van der Waals surface area (Å²) in [7, 11) is 0.666. The lowest BCUT2D eigenvalue weighted by Gasteiger charge is -2.53. The molecule has 0 aromatic rings. The zero-order chi connectivity index (χ0) is 11.0. The molecule has 2 N–H and O–H groups in total. The summed E-state index contributed by atoms with van der Waals surface area (Å²) in [5.74, 6) is 0.811. The second-order valence-electron chi connectivity index (χ2n) is 5.97. The molecule has 0 heterocycles. The Labute approximate surface area is 88.9 Å². The van der Waals surface area contributed by atoms with Gasteiger partial charge in [-0.3, -0.25) is 0 Å². The molecule has 1 aliphatic rings. The van der Waals surface area contributed by atoms with Crippen molar-refractivity contribution in [1.29, 1.82) is 0 Å². The number of hydrogen-bond donors (Lipinski definition) is 1. The van der Waals surface area contributed by atoms with Gasteiger partial charge < -0.3 is 10.4 Å². The number of rotatable bonds is 4. The van der Waals surface area contributed by atoms with Crippen LogP contribution in [-0.2, 0) is 4.65 Å². The van der Waals surface area contributed by atoms with Crippen molar-refractivity contribution >= 4 is 7.48 Å². The molecule has 14 heavy (non-hydrogen) atoms. The van der Waals surface area contributed by atoms with Crippen molar-refractivity contribution in [2.45, 2.75) is 59.0 Å². The quantitative estimate of drug-likeness (QED) is 0.698. The van der Waals surface area contributed by atoms with Crippen molar-refractivity contribution in [2.24, 2.45) is 17.1 Å². The van der Waals surface area contributed by atoms with E-state index in [-0.39, 0.29) is 11.5 Å². The van der Waals surface area contributed by atoms with Crippen LogP contribution in [0.1, 0.15) is 47.5 Å². The van der Waals surface area contributed by atoms with E-state index >= 15 is 0 Å². The standard InChI is InChI=1S/C11H24BNO/c1-8(13)12-14-11(4,5)9-6-7-10(9,2)3/h8-9,12H,6-7,13H2,1-5H3/t8-,9-/m0/s1. The average molecular weight is 197 g/mol. The minimum atomic E-state index is -0.0185. The van der Waals surface area contributed by atoms with Gasteiger partial charge in [0.15, 0.2) is 0 Å². The fraction of sp³-hybridized carbons (Fsp3) is 1.00. The van der Waals surface area contributed by atoms with Crippen LogP contribution in [0.2, 0.25) is 0 Å². The maximum absolute atomic E-state index is 5.91. The van der Waals surface area contributed by atoms with Crippen molar-refractivity contribution in [2.75, 3.05) is 0 Å². The molecule has 0 unspecified atom stereocenters. The number of nitrogens with two attached hydrogens (primary N) is 1. The van der Waals surface area contributed by atoms with Gasteiger partial charge in [0.05, 0.1) is 0 Å². The molecule has 0 saturated heterocycles. The van der Waals surface area contributed by atoms with E-state index in [0.717, 1.165) is 0 Å². The van der Waals surface area contributed by atoms with Crippen LogP contribution in [0, 0.1) is 11.3 Å². The van der Waals surface area contributed by atoms with E-state index in [1.807, 2.05) is 6.92 Å². The molecule has 82 valence electrons. The van der Waals surface area contributed by atoms with Crippen molar-refractivity contribution in [3.8, 4) is 0 Å². The van der Waals surface area contributed by atoms with E-state index in [9.17, 15) is 0 Å². The second kappa shape index (κ2) is 3.86. The van der Waals surface area contributed by atoms with Crippen LogP contribution < -0.4 is 5.73 Å². The first kappa shape index (κ1) is 12.1. The van der Waals surface area contributed by atoms with Crippen molar-refractivity contribution in [1.82, 2.24) is 0 Å². The second-order valence-corrected chi connectivity index (χ2v) is 5.97. The van der Waals surface area contributed by atoms with Crippen LogP contribution in [0.25, 0.3) is 0 Å². The van der Waals surface area contributed by atoms with Crippen molar-refractivity contribution in [3.05, 3.63) is 0 Å². The summed E-state index contributed by atoms with van der Waals surface area (Å²) < 4.78 is 5.91. The van der Waals surface area contributed by atoms with Crippen LogP contribution in [0.5, 0.6) is 0 Å². The Hall–Kier alpha value is -0.0151. The molecular formula is C11H24BNO. The minimum Gasteiger partial charge on any atom is -0.433 e. The lowest BCUT2D eigenvalue weighted by molar-refractivity contribution is -0.0797. The summed E-state index contributed by atoms with van der Waals surface area (Å²) in [6.07, 6.45) is 2.61. The van der Waals surface area contributed by atoms with Crippen LogP contribution >= 0.6 is 0 Å². The highest BCUT2D eigenvalue weighted by atomic mass is 16.5. The Kier molecular flexibility index (Phi) is 3.32. The molecule has 0 aromatic carbocycles. The van der Waals surface area contributed by atoms with Gasteiger partial charge in [-0.05, 0) is 38.0 Å². The highest BCUT2D eigenvalue weighted by Crippen LogP contribution is 2.52. The molecule has 0 aromatic heterocycles. The largest absolute Gasteiger partial charge is 0.433 e. The molecule has 3 heteroatoms. The summed E-state index contributed by atoms with van der Waals surface area (Å²) in [6.45, 7) is 11.0. The molecule has 1 rings (SSSR count). The molecule has 1 saturated carbocycles. The lowest BCUT2D eigenvalue weighted by Crippen LogP contribution is -2.51. The Balaban J connectivity index is 2.48. The smallest absolute Gasteiger partial charge is 0.292 e. The summed E-state index contributed by atoms with van der Waals surface area (Å²) >= 11 is 0. The monoisotopic (exact) mass is 197 g/mol. The normalized spacial score (nSPS) is 28.0. The first-order valence-electron chi connectivity index (χ1n) is 5.65. The van der Waals surface area contributed by atoms with Gasteiger partial charge in [-0.25, -0.2) is 0 Å². The Morgan fingerprint density at radius 1 is 1.50 bits per heavy atom. The zero-order valence-electron chi connectivity index (χ0n) is 10.3. The van der Waals surface area contributed by atoms with E-state index < -0.39 is 0 Å². The lowest BCUT2D eigenvalue weighted by atomic mass is 9.56. The Morgan fingerprint density at radius 2 is 2.07 bits per heavy atom. The maximum atomic E-state index is 5.91. The molecule has 0 amide bonds. The Morgan fingerprint density at radius 3 is 2.36 bits per heavy atom. The van der Waals surface area contributed by atoms with E-state index in [1.54, 1.807) is 0 Å². The third-order valence-corrected chi connectivity index (χ3v) is 3.58. The van der Waals surface area contributed by atoms with Gasteiger partial charge in [0.25, 0.3) is 7.48 Å². The topological polar surface area (TPSA) is 35.2 Å². The summed E-state index contributed by atoms with van der Waals surface area (Å²) in [5, 5.41) is 0. The predicted molar refractivity (Wildman–Crippen MR) is 62.5 cm³/mol. The van der Waals surface area contributed by atoms with Crippen LogP contribution in [0.4, 0.5) is 0 Å². The van der Waals surface area contributed by atoms with Gasteiger partial charge in [0.2, 0.25) is 0 Å². The van der Waals surface area contributed by atoms with Gasteiger partial charge in [0, 0.05) is 11.5 Å². The summed E-state index contributed by atoms with van der Waals surface area (Å²) in [4.78, 5) is 0. The Bertz CT molecular complexity index is 201. The SMILES string of the molecule is C[C@H](N)BOC(C)(C)[C@H]1CCC1(C)C. The summed E-state index contributed by atoms with van der Waals surface area (Å²) in [5.41, 5.74) is 6.13. The maximum Gasteiger partial charge on any atom is 0.292 e. The molecule has 0 aliphatic heterocycles.